The van der Waals surface area contributed by atoms with E-state index in [0.717, 1.165) is 24.4 Å². The molecule has 0 N–H and O–H groups in total. The Bertz CT molecular complexity index is 562. The molecule has 0 unspecified atom stereocenters. The van der Waals surface area contributed by atoms with E-state index in [1.165, 1.54) is 0 Å². The lowest BCUT2D eigenvalue weighted by Crippen LogP contribution is -2.00. The number of rotatable bonds is 4. The Morgan fingerprint density at radius 1 is 1.17 bits per heavy atom. The van der Waals surface area contributed by atoms with Crippen molar-refractivity contribution in [2.45, 2.75) is 25.9 Å². The van der Waals surface area contributed by atoms with Crippen molar-refractivity contribution < 1.29 is 13.9 Å². The van der Waals surface area contributed by atoms with Gasteiger partial charge in [0, 0.05) is 5.56 Å². The predicted octanol–water partition coefficient (Wildman–Crippen LogP) is 3.36. The van der Waals surface area contributed by atoms with Gasteiger partial charge >= 0.3 is 0 Å². The van der Waals surface area contributed by atoms with Gasteiger partial charge in [0.1, 0.15) is 11.5 Å². The molecule has 1 saturated carbocycles. The van der Waals surface area contributed by atoms with Gasteiger partial charge in [0.2, 0.25) is 5.78 Å². The molecular formula is C15H14O3. The predicted molar refractivity (Wildman–Crippen MR) is 67.0 cm³/mol. The Morgan fingerprint density at radius 3 is 2.44 bits per heavy atom. The molecule has 1 fully saturated rings. The van der Waals surface area contributed by atoms with Crippen LogP contribution in [0.15, 0.2) is 40.8 Å². The van der Waals surface area contributed by atoms with Crippen LogP contribution in [-0.4, -0.2) is 11.9 Å². The van der Waals surface area contributed by atoms with Crippen molar-refractivity contribution in [3.63, 3.8) is 0 Å². The first-order valence-electron chi connectivity index (χ1n) is 6.10. The van der Waals surface area contributed by atoms with Gasteiger partial charge in [-0.15, -0.1) is 0 Å². The summed E-state index contributed by atoms with van der Waals surface area (Å²) in [4.78, 5) is 12.1. The SMILES string of the molecule is Cc1ccc(C(=O)c2ccc(OC3CC3)cc2)o1. The lowest BCUT2D eigenvalue weighted by atomic mass is 10.1. The molecule has 3 heteroatoms. The first-order valence-corrected chi connectivity index (χ1v) is 6.10. The average Bonchev–Trinajstić information content (AvgIpc) is 3.09. The van der Waals surface area contributed by atoms with E-state index in [4.69, 9.17) is 9.15 Å². The van der Waals surface area contributed by atoms with Gasteiger partial charge in [0.25, 0.3) is 0 Å². The molecule has 2 aromatic rings. The van der Waals surface area contributed by atoms with Crippen molar-refractivity contribution in [1.29, 1.82) is 0 Å². The highest BCUT2D eigenvalue weighted by atomic mass is 16.5. The van der Waals surface area contributed by atoms with E-state index in [9.17, 15) is 4.79 Å². The van der Waals surface area contributed by atoms with E-state index in [-0.39, 0.29) is 5.78 Å². The number of furan rings is 1. The van der Waals surface area contributed by atoms with Gasteiger partial charge in [-0.1, -0.05) is 0 Å². The van der Waals surface area contributed by atoms with Crippen molar-refractivity contribution in [2.24, 2.45) is 0 Å². The fraction of sp³-hybridized carbons (Fsp3) is 0.267. The van der Waals surface area contributed by atoms with Crippen molar-refractivity contribution >= 4 is 5.78 Å². The van der Waals surface area contributed by atoms with Gasteiger partial charge in [-0.2, -0.15) is 0 Å². The van der Waals surface area contributed by atoms with Crippen LogP contribution in [0.4, 0.5) is 0 Å². The van der Waals surface area contributed by atoms with Crippen molar-refractivity contribution in [3.8, 4) is 5.75 Å². The zero-order valence-corrected chi connectivity index (χ0v) is 10.2. The molecular weight excluding hydrogens is 228 g/mol. The summed E-state index contributed by atoms with van der Waals surface area (Å²) in [6.45, 7) is 1.82. The van der Waals surface area contributed by atoms with Crippen LogP contribution in [0.5, 0.6) is 5.75 Å². The summed E-state index contributed by atoms with van der Waals surface area (Å²) >= 11 is 0. The van der Waals surface area contributed by atoms with Gasteiger partial charge in [-0.05, 0) is 56.2 Å². The van der Waals surface area contributed by atoms with Crippen LogP contribution in [0.3, 0.4) is 0 Å². The maximum atomic E-state index is 12.1. The zero-order chi connectivity index (χ0) is 12.5. The van der Waals surface area contributed by atoms with Crippen LogP contribution in [0, 0.1) is 6.92 Å². The van der Waals surface area contributed by atoms with Crippen LogP contribution in [-0.2, 0) is 0 Å². The molecule has 1 heterocycles. The first-order chi connectivity index (χ1) is 8.72. The standard InChI is InChI=1S/C15H14O3/c1-10-2-9-14(17-10)15(16)11-3-5-12(6-4-11)18-13-7-8-13/h2-6,9,13H,7-8H2,1H3. The third kappa shape index (κ3) is 2.30. The molecule has 0 saturated heterocycles. The van der Waals surface area contributed by atoms with Crippen LogP contribution < -0.4 is 4.74 Å². The minimum atomic E-state index is -0.0962. The Kier molecular flexibility index (Phi) is 2.67. The van der Waals surface area contributed by atoms with E-state index in [2.05, 4.69) is 0 Å². The Labute approximate surface area is 105 Å². The summed E-state index contributed by atoms with van der Waals surface area (Å²) in [6, 6.07) is 10.7. The van der Waals surface area contributed by atoms with Gasteiger partial charge < -0.3 is 9.15 Å². The topological polar surface area (TPSA) is 39.4 Å². The molecule has 3 rings (SSSR count). The minimum Gasteiger partial charge on any atom is -0.490 e. The van der Waals surface area contributed by atoms with E-state index < -0.39 is 0 Å². The molecule has 1 aliphatic carbocycles. The number of aryl methyl sites for hydroxylation is 1. The average molecular weight is 242 g/mol. The molecule has 0 aliphatic heterocycles. The normalized spacial score (nSPS) is 14.5. The van der Waals surface area contributed by atoms with E-state index >= 15 is 0 Å². The Hall–Kier alpha value is -2.03. The third-order valence-electron chi connectivity index (χ3n) is 2.91. The molecule has 1 aromatic carbocycles. The smallest absolute Gasteiger partial charge is 0.228 e. The lowest BCUT2D eigenvalue weighted by Gasteiger charge is -2.04. The molecule has 0 atom stereocenters. The molecule has 0 bridgehead atoms. The Balaban J connectivity index is 1.77. The number of ketones is 1. The second-order valence-corrected chi connectivity index (χ2v) is 4.58. The monoisotopic (exact) mass is 242 g/mol. The van der Waals surface area contributed by atoms with Crippen LogP contribution >= 0.6 is 0 Å². The molecule has 1 aromatic heterocycles. The van der Waals surface area contributed by atoms with Gasteiger partial charge in [0.05, 0.1) is 6.10 Å². The summed E-state index contributed by atoms with van der Waals surface area (Å²) in [5.74, 6) is 1.85. The lowest BCUT2D eigenvalue weighted by molar-refractivity contribution is 0.101. The minimum absolute atomic E-state index is 0.0962. The quantitative estimate of drug-likeness (QED) is 0.772. The summed E-state index contributed by atoms with van der Waals surface area (Å²) in [7, 11) is 0. The van der Waals surface area contributed by atoms with Crippen molar-refractivity contribution in [3.05, 3.63) is 53.5 Å². The van der Waals surface area contributed by atoms with Gasteiger partial charge in [-0.25, -0.2) is 0 Å². The fourth-order valence-corrected chi connectivity index (χ4v) is 1.76. The van der Waals surface area contributed by atoms with Crippen LogP contribution in [0.2, 0.25) is 0 Å². The van der Waals surface area contributed by atoms with Gasteiger partial charge in [0.15, 0.2) is 5.76 Å². The number of carbonyl (C=O) groups is 1. The molecule has 18 heavy (non-hydrogen) atoms. The van der Waals surface area contributed by atoms with Crippen LogP contribution in [0.25, 0.3) is 0 Å². The molecule has 3 nitrogen and oxygen atoms in total. The van der Waals surface area contributed by atoms with E-state index in [1.807, 2.05) is 19.1 Å². The van der Waals surface area contributed by atoms with Crippen molar-refractivity contribution in [2.75, 3.05) is 0 Å². The number of ether oxygens (including phenoxy) is 1. The molecule has 0 spiro atoms. The fourth-order valence-electron chi connectivity index (χ4n) is 1.76. The number of hydrogen-bond donors (Lipinski definition) is 0. The highest BCUT2D eigenvalue weighted by Gasteiger charge is 2.23. The zero-order valence-electron chi connectivity index (χ0n) is 10.2. The van der Waals surface area contributed by atoms with Crippen LogP contribution in [0.1, 0.15) is 34.7 Å². The summed E-state index contributed by atoms with van der Waals surface area (Å²) in [6.07, 6.45) is 2.64. The maximum Gasteiger partial charge on any atom is 0.228 e. The third-order valence-corrected chi connectivity index (χ3v) is 2.91. The second kappa shape index (κ2) is 4.33. The Morgan fingerprint density at radius 2 is 1.89 bits per heavy atom. The molecule has 0 amide bonds. The summed E-state index contributed by atoms with van der Waals surface area (Å²) in [5, 5.41) is 0. The summed E-state index contributed by atoms with van der Waals surface area (Å²) in [5.41, 5.74) is 0.618. The van der Waals surface area contributed by atoms with E-state index in [1.54, 1.807) is 24.3 Å². The number of carbonyl (C=O) groups excluding carboxylic acids is 1. The highest BCUT2D eigenvalue weighted by Crippen LogP contribution is 2.27. The molecule has 1 aliphatic rings. The maximum absolute atomic E-state index is 12.1. The second-order valence-electron chi connectivity index (χ2n) is 4.58. The number of benzene rings is 1. The largest absolute Gasteiger partial charge is 0.490 e. The summed E-state index contributed by atoms with van der Waals surface area (Å²) < 4.78 is 11.0. The van der Waals surface area contributed by atoms with Gasteiger partial charge in [-0.3, -0.25) is 4.79 Å². The highest BCUT2D eigenvalue weighted by molar-refractivity contribution is 6.07. The van der Waals surface area contributed by atoms with Crippen molar-refractivity contribution in [1.82, 2.24) is 0 Å². The first kappa shape index (κ1) is 11.1. The molecule has 0 radical (unpaired) electrons. The van der Waals surface area contributed by atoms with E-state index in [0.29, 0.717) is 17.4 Å². The number of hydrogen-bond acceptors (Lipinski definition) is 3. The molecule has 92 valence electrons.